The molecule has 1 saturated heterocycles. The molecule has 1 aromatic carbocycles. The van der Waals surface area contributed by atoms with Crippen LogP contribution in [-0.4, -0.2) is 49.6 Å². The number of amides is 1. The second-order valence-electron chi connectivity index (χ2n) is 6.00. The third-order valence-corrected chi connectivity index (χ3v) is 4.09. The Morgan fingerprint density at radius 1 is 1.27 bits per heavy atom. The average Bonchev–Trinajstić information content (AvgIpc) is 3.03. The molecule has 2 N–H and O–H groups in total. The number of halogens is 1. The predicted molar refractivity (Wildman–Crippen MR) is 116 cm³/mol. The molecule has 0 aliphatic carbocycles. The fourth-order valence-electron chi connectivity index (χ4n) is 2.85. The van der Waals surface area contributed by atoms with E-state index >= 15 is 0 Å². The third kappa shape index (κ3) is 7.39. The fraction of sp³-hybridized carbons (Fsp3) is 0.579. The minimum absolute atomic E-state index is 0. The van der Waals surface area contributed by atoms with Crippen LogP contribution in [0.4, 0.5) is 0 Å². The number of carbonyl (C=O) groups excluding carboxylic acids is 1. The Hall–Kier alpha value is -1.51. The Bertz CT molecular complexity index is 580. The molecule has 0 aromatic heterocycles. The summed E-state index contributed by atoms with van der Waals surface area (Å²) < 4.78 is 5.65. The summed E-state index contributed by atoms with van der Waals surface area (Å²) in [6.07, 6.45) is 2.62. The number of likely N-dealkylation sites (tertiary alicyclic amines) is 1. The molecule has 1 amide bonds. The topological polar surface area (TPSA) is 66.0 Å². The number of ether oxygens (including phenoxy) is 1. The highest BCUT2D eigenvalue weighted by atomic mass is 127. The van der Waals surface area contributed by atoms with Crippen molar-refractivity contribution in [1.29, 1.82) is 0 Å². The lowest BCUT2D eigenvalue weighted by atomic mass is 10.2. The Kier molecular flexibility index (Phi) is 11.1. The number of nitrogens with zero attached hydrogens (tertiary/aromatic N) is 2. The number of guanidine groups is 1. The number of aliphatic imine (C=N–C) groups is 1. The molecule has 2 rings (SSSR count). The third-order valence-electron chi connectivity index (χ3n) is 4.09. The van der Waals surface area contributed by atoms with Gasteiger partial charge in [-0.15, -0.1) is 24.0 Å². The Morgan fingerprint density at radius 3 is 2.77 bits per heavy atom. The number of hydrogen-bond acceptors (Lipinski definition) is 3. The molecular formula is C19H31IN4O2. The summed E-state index contributed by atoms with van der Waals surface area (Å²) in [4.78, 5) is 18.2. The van der Waals surface area contributed by atoms with Gasteiger partial charge in [-0.05, 0) is 32.8 Å². The molecule has 0 spiro atoms. The van der Waals surface area contributed by atoms with E-state index in [9.17, 15) is 4.79 Å². The SMILES string of the molecule is CCNC(=NCc1ccccc1OCC)NCCCN1CCCC1=O.I. The summed E-state index contributed by atoms with van der Waals surface area (Å²) >= 11 is 0. The van der Waals surface area contributed by atoms with Crippen LogP contribution in [0.25, 0.3) is 0 Å². The van der Waals surface area contributed by atoms with E-state index in [2.05, 4.69) is 15.6 Å². The second kappa shape index (κ2) is 12.8. The van der Waals surface area contributed by atoms with Crippen molar-refractivity contribution in [3.05, 3.63) is 29.8 Å². The van der Waals surface area contributed by atoms with E-state index in [0.29, 0.717) is 19.6 Å². The van der Waals surface area contributed by atoms with Crippen molar-refractivity contribution in [2.45, 2.75) is 39.7 Å². The van der Waals surface area contributed by atoms with Gasteiger partial charge < -0.3 is 20.3 Å². The first-order valence-electron chi connectivity index (χ1n) is 9.25. The molecule has 1 heterocycles. The van der Waals surface area contributed by atoms with Crippen molar-refractivity contribution in [2.24, 2.45) is 4.99 Å². The smallest absolute Gasteiger partial charge is 0.222 e. The van der Waals surface area contributed by atoms with E-state index in [1.165, 1.54) is 0 Å². The van der Waals surface area contributed by atoms with Gasteiger partial charge in [0.2, 0.25) is 5.91 Å². The van der Waals surface area contributed by atoms with E-state index in [1.807, 2.05) is 43.0 Å². The Balaban J connectivity index is 0.00000338. The number of hydrogen-bond donors (Lipinski definition) is 2. The lowest BCUT2D eigenvalue weighted by Crippen LogP contribution is -2.39. The van der Waals surface area contributed by atoms with E-state index in [0.717, 1.165) is 56.3 Å². The summed E-state index contributed by atoms with van der Waals surface area (Å²) in [5.74, 6) is 1.96. The van der Waals surface area contributed by atoms with Crippen molar-refractivity contribution >= 4 is 35.8 Å². The number of carbonyl (C=O) groups is 1. The average molecular weight is 474 g/mol. The van der Waals surface area contributed by atoms with Crippen molar-refractivity contribution in [1.82, 2.24) is 15.5 Å². The van der Waals surface area contributed by atoms with E-state index < -0.39 is 0 Å². The van der Waals surface area contributed by atoms with Gasteiger partial charge in [0.1, 0.15) is 5.75 Å². The molecule has 0 radical (unpaired) electrons. The summed E-state index contributed by atoms with van der Waals surface area (Å²) in [6, 6.07) is 7.99. The molecule has 1 aliphatic rings. The summed E-state index contributed by atoms with van der Waals surface area (Å²) in [6.45, 7) is 8.57. The second-order valence-corrected chi connectivity index (χ2v) is 6.00. The molecule has 0 atom stereocenters. The zero-order chi connectivity index (χ0) is 17.9. The number of benzene rings is 1. The summed E-state index contributed by atoms with van der Waals surface area (Å²) in [7, 11) is 0. The molecule has 26 heavy (non-hydrogen) atoms. The summed E-state index contributed by atoms with van der Waals surface area (Å²) in [5, 5.41) is 6.60. The Labute approximate surface area is 173 Å². The molecule has 0 unspecified atom stereocenters. The maximum Gasteiger partial charge on any atom is 0.222 e. The van der Waals surface area contributed by atoms with Crippen LogP contribution >= 0.6 is 24.0 Å². The molecule has 146 valence electrons. The molecule has 1 aliphatic heterocycles. The largest absolute Gasteiger partial charge is 0.494 e. The number of para-hydroxylation sites is 1. The highest BCUT2D eigenvalue weighted by Crippen LogP contribution is 2.18. The van der Waals surface area contributed by atoms with Gasteiger partial charge in [0, 0.05) is 38.2 Å². The normalized spacial score (nSPS) is 14.2. The first-order valence-corrected chi connectivity index (χ1v) is 9.25. The van der Waals surface area contributed by atoms with Crippen molar-refractivity contribution in [2.75, 3.05) is 32.8 Å². The number of nitrogens with one attached hydrogen (secondary N) is 2. The Morgan fingerprint density at radius 2 is 2.08 bits per heavy atom. The summed E-state index contributed by atoms with van der Waals surface area (Å²) in [5.41, 5.74) is 1.07. The van der Waals surface area contributed by atoms with Crippen molar-refractivity contribution in [3.63, 3.8) is 0 Å². The van der Waals surface area contributed by atoms with Gasteiger partial charge in [0.25, 0.3) is 0 Å². The van der Waals surface area contributed by atoms with Gasteiger partial charge in [-0.3, -0.25) is 4.79 Å². The van der Waals surface area contributed by atoms with E-state index in [1.54, 1.807) is 0 Å². The maximum atomic E-state index is 11.6. The molecule has 7 heteroatoms. The van der Waals surface area contributed by atoms with Gasteiger partial charge in [-0.25, -0.2) is 4.99 Å². The van der Waals surface area contributed by atoms with Crippen LogP contribution in [0.5, 0.6) is 5.75 Å². The van der Waals surface area contributed by atoms with E-state index in [4.69, 9.17) is 4.74 Å². The maximum absolute atomic E-state index is 11.6. The molecule has 0 bridgehead atoms. The van der Waals surface area contributed by atoms with Crippen LogP contribution in [0.15, 0.2) is 29.3 Å². The number of rotatable bonds is 9. The molecule has 0 saturated carbocycles. The quantitative estimate of drug-likeness (QED) is 0.250. The first kappa shape index (κ1) is 22.5. The van der Waals surface area contributed by atoms with Gasteiger partial charge >= 0.3 is 0 Å². The zero-order valence-electron chi connectivity index (χ0n) is 15.8. The first-order chi connectivity index (χ1) is 12.2. The molecule has 1 aromatic rings. The molecular weight excluding hydrogens is 443 g/mol. The minimum atomic E-state index is 0. The lowest BCUT2D eigenvalue weighted by Gasteiger charge is -2.16. The van der Waals surface area contributed by atoms with Crippen LogP contribution in [0.2, 0.25) is 0 Å². The molecule has 6 nitrogen and oxygen atoms in total. The van der Waals surface area contributed by atoms with Crippen LogP contribution in [0.3, 0.4) is 0 Å². The van der Waals surface area contributed by atoms with Crippen molar-refractivity contribution in [3.8, 4) is 5.75 Å². The fourth-order valence-corrected chi connectivity index (χ4v) is 2.85. The van der Waals surface area contributed by atoms with Crippen LogP contribution < -0.4 is 15.4 Å². The van der Waals surface area contributed by atoms with E-state index in [-0.39, 0.29) is 29.9 Å². The monoisotopic (exact) mass is 474 g/mol. The lowest BCUT2D eigenvalue weighted by molar-refractivity contribution is -0.127. The van der Waals surface area contributed by atoms with Gasteiger partial charge in [-0.2, -0.15) is 0 Å². The molecule has 1 fully saturated rings. The van der Waals surface area contributed by atoms with Crippen molar-refractivity contribution < 1.29 is 9.53 Å². The van der Waals surface area contributed by atoms with Crippen LogP contribution in [0, 0.1) is 0 Å². The van der Waals surface area contributed by atoms with Gasteiger partial charge in [0.15, 0.2) is 5.96 Å². The zero-order valence-corrected chi connectivity index (χ0v) is 18.1. The van der Waals surface area contributed by atoms with Crippen LogP contribution in [-0.2, 0) is 11.3 Å². The van der Waals surface area contributed by atoms with Gasteiger partial charge in [-0.1, -0.05) is 18.2 Å². The van der Waals surface area contributed by atoms with Gasteiger partial charge in [0.05, 0.1) is 13.2 Å². The predicted octanol–water partition coefficient (Wildman–Crippen LogP) is 2.77. The highest BCUT2D eigenvalue weighted by Gasteiger charge is 2.18. The van der Waals surface area contributed by atoms with Crippen LogP contribution in [0.1, 0.15) is 38.7 Å². The standard InChI is InChI=1S/C19H30N4O2.HI/c1-3-20-19(21-12-8-14-23-13-7-11-18(23)24)22-15-16-9-5-6-10-17(16)25-4-2;/h5-6,9-10H,3-4,7-8,11-15H2,1-2H3,(H2,20,21,22);1H. The highest BCUT2D eigenvalue weighted by molar-refractivity contribution is 14.0. The minimum Gasteiger partial charge on any atom is -0.494 e.